The lowest BCUT2D eigenvalue weighted by Crippen LogP contribution is -2.58. The summed E-state index contributed by atoms with van der Waals surface area (Å²) in [5.41, 5.74) is 0. The van der Waals surface area contributed by atoms with E-state index < -0.39 is 0 Å². The molecule has 0 saturated carbocycles. The molecule has 1 heteroatoms. The van der Waals surface area contributed by atoms with E-state index in [9.17, 15) is 0 Å². The monoisotopic (exact) mass is 156 g/mol. The zero-order chi connectivity index (χ0) is 8.48. The molecule has 1 fully saturated rings. The van der Waals surface area contributed by atoms with Crippen molar-refractivity contribution in [2.45, 2.75) is 52.1 Å². The normalized spacial score (nSPS) is 37.1. The van der Waals surface area contributed by atoms with Crippen molar-refractivity contribution < 1.29 is 4.48 Å². The molecule has 0 aromatic rings. The standard InChI is InChI=1S/C10H22N/c1-5-11(4)9(2)7-6-8-10(11)3/h9-10H,5-8H2,1-4H3/q+1/t9-,10-/m1/s1. The summed E-state index contributed by atoms with van der Waals surface area (Å²) in [6.45, 7) is 8.42. The van der Waals surface area contributed by atoms with E-state index >= 15 is 0 Å². The molecule has 1 saturated heterocycles. The summed E-state index contributed by atoms with van der Waals surface area (Å²) in [4.78, 5) is 0. The molecule has 1 aliphatic heterocycles. The Bertz CT molecular complexity index is 121. The number of piperidine rings is 1. The van der Waals surface area contributed by atoms with E-state index in [0.29, 0.717) is 0 Å². The molecule has 1 rings (SSSR count). The second kappa shape index (κ2) is 3.14. The van der Waals surface area contributed by atoms with Crippen LogP contribution in [-0.4, -0.2) is 30.2 Å². The highest BCUT2D eigenvalue weighted by atomic mass is 15.4. The zero-order valence-corrected chi connectivity index (χ0v) is 8.43. The van der Waals surface area contributed by atoms with E-state index in [1.165, 1.54) is 30.3 Å². The van der Waals surface area contributed by atoms with Gasteiger partial charge in [-0.1, -0.05) is 0 Å². The van der Waals surface area contributed by atoms with Crippen molar-refractivity contribution >= 4 is 0 Å². The number of likely N-dealkylation sites (tertiary alicyclic amines) is 1. The minimum Gasteiger partial charge on any atom is -0.322 e. The minimum absolute atomic E-state index is 0.878. The van der Waals surface area contributed by atoms with Crippen molar-refractivity contribution in [2.24, 2.45) is 0 Å². The van der Waals surface area contributed by atoms with Gasteiger partial charge in [0.1, 0.15) is 0 Å². The molecule has 0 aromatic heterocycles. The van der Waals surface area contributed by atoms with Gasteiger partial charge in [-0.25, -0.2) is 0 Å². The Morgan fingerprint density at radius 3 is 1.91 bits per heavy atom. The van der Waals surface area contributed by atoms with E-state index in [-0.39, 0.29) is 0 Å². The van der Waals surface area contributed by atoms with Gasteiger partial charge in [0.25, 0.3) is 0 Å². The Morgan fingerprint density at radius 2 is 1.64 bits per heavy atom. The van der Waals surface area contributed by atoms with Crippen LogP contribution in [0.2, 0.25) is 0 Å². The van der Waals surface area contributed by atoms with Gasteiger partial charge in [0.15, 0.2) is 0 Å². The maximum atomic E-state index is 2.41. The Morgan fingerprint density at radius 1 is 1.18 bits per heavy atom. The SMILES string of the molecule is CC[N+]1(C)[C@H](C)CCC[C@H]1C. The average Bonchev–Trinajstić information content (AvgIpc) is 2.00. The third-order valence-electron chi connectivity index (χ3n) is 3.94. The van der Waals surface area contributed by atoms with Crippen LogP contribution in [0.3, 0.4) is 0 Å². The highest BCUT2D eigenvalue weighted by molar-refractivity contribution is 4.66. The topological polar surface area (TPSA) is 0 Å². The molecule has 2 atom stereocenters. The molecule has 1 nitrogen and oxygen atoms in total. The first-order valence-corrected chi connectivity index (χ1v) is 4.96. The molecule has 0 unspecified atom stereocenters. The van der Waals surface area contributed by atoms with Crippen LogP contribution in [0.4, 0.5) is 0 Å². The quantitative estimate of drug-likeness (QED) is 0.511. The maximum absolute atomic E-state index is 2.41. The van der Waals surface area contributed by atoms with E-state index in [1.54, 1.807) is 0 Å². The molecule has 0 bridgehead atoms. The third-order valence-corrected chi connectivity index (χ3v) is 3.94. The van der Waals surface area contributed by atoms with Crippen LogP contribution in [0, 0.1) is 0 Å². The van der Waals surface area contributed by atoms with Crippen molar-refractivity contribution in [3.63, 3.8) is 0 Å². The van der Waals surface area contributed by atoms with Gasteiger partial charge in [-0.3, -0.25) is 0 Å². The number of hydrogen-bond acceptors (Lipinski definition) is 0. The van der Waals surface area contributed by atoms with Crippen LogP contribution >= 0.6 is 0 Å². The average molecular weight is 156 g/mol. The summed E-state index contributed by atoms with van der Waals surface area (Å²) in [5.74, 6) is 0. The van der Waals surface area contributed by atoms with Crippen LogP contribution in [0.5, 0.6) is 0 Å². The van der Waals surface area contributed by atoms with Crippen LogP contribution < -0.4 is 0 Å². The third kappa shape index (κ3) is 1.44. The van der Waals surface area contributed by atoms with Gasteiger partial charge in [0.2, 0.25) is 0 Å². The summed E-state index contributed by atoms with van der Waals surface area (Å²) in [6.07, 6.45) is 4.29. The molecule has 1 heterocycles. The highest BCUT2D eigenvalue weighted by Gasteiger charge is 2.36. The fourth-order valence-corrected chi connectivity index (χ4v) is 2.36. The smallest absolute Gasteiger partial charge is 0.0861 e. The van der Waals surface area contributed by atoms with E-state index in [0.717, 1.165) is 12.1 Å². The first-order valence-electron chi connectivity index (χ1n) is 4.96. The second-order valence-corrected chi connectivity index (χ2v) is 4.29. The molecule has 11 heavy (non-hydrogen) atoms. The molecule has 1 aliphatic rings. The lowest BCUT2D eigenvalue weighted by atomic mass is 9.94. The molecule has 66 valence electrons. The van der Waals surface area contributed by atoms with Gasteiger partial charge in [-0.05, 0) is 40.0 Å². The minimum atomic E-state index is 0.878. The van der Waals surface area contributed by atoms with Gasteiger partial charge in [0, 0.05) is 0 Å². The summed E-state index contributed by atoms with van der Waals surface area (Å²) in [6, 6.07) is 1.76. The van der Waals surface area contributed by atoms with Gasteiger partial charge in [0.05, 0.1) is 25.7 Å². The van der Waals surface area contributed by atoms with Crippen molar-refractivity contribution in [2.75, 3.05) is 13.6 Å². The number of rotatable bonds is 1. The Hall–Kier alpha value is -0.0400. The zero-order valence-electron chi connectivity index (χ0n) is 8.43. The van der Waals surface area contributed by atoms with Gasteiger partial charge in [-0.2, -0.15) is 0 Å². The van der Waals surface area contributed by atoms with Gasteiger partial charge in [-0.15, -0.1) is 0 Å². The summed E-state index contributed by atoms with van der Waals surface area (Å²) in [5, 5.41) is 0. The van der Waals surface area contributed by atoms with Crippen LogP contribution in [0.25, 0.3) is 0 Å². The number of nitrogens with zero attached hydrogens (tertiary/aromatic N) is 1. The molecule has 0 spiro atoms. The summed E-state index contributed by atoms with van der Waals surface area (Å²) >= 11 is 0. The van der Waals surface area contributed by atoms with Gasteiger partial charge < -0.3 is 4.48 Å². The van der Waals surface area contributed by atoms with Crippen molar-refractivity contribution in [3.8, 4) is 0 Å². The van der Waals surface area contributed by atoms with Crippen LogP contribution in [0.15, 0.2) is 0 Å². The van der Waals surface area contributed by atoms with Crippen LogP contribution in [-0.2, 0) is 0 Å². The molecule has 0 aromatic carbocycles. The van der Waals surface area contributed by atoms with Crippen molar-refractivity contribution in [1.29, 1.82) is 0 Å². The summed E-state index contributed by atoms with van der Waals surface area (Å²) < 4.78 is 1.29. The molecule has 0 N–H and O–H groups in total. The molecular formula is C10H22N+. The Balaban J connectivity index is 2.69. The van der Waals surface area contributed by atoms with E-state index in [4.69, 9.17) is 0 Å². The fraction of sp³-hybridized carbons (Fsp3) is 1.00. The Kier molecular flexibility index (Phi) is 2.58. The first-order chi connectivity index (χ1) is 5.11. The Labute approximate surface area is 71.0 Å². The van der Waals surface area contributed by atoms with E-state index in [2.05, 4.69) is 27.8 Å². The predicted molar refractivity (Wildman–Crippen MR) is 49.5 cm³/mol. The first kappa shape index (κ1) is 9.05. The number of hydrogen-bond donors (Lipinski definition) is 0. The molecule has 0 radical (unpaired) electrons. The molecular weight excluding hydrogens is 134 g/mol. The lowest BCUT2D eigenvalue weighted by molar-refractivity contribution is -0.956. The fourth-order valence-electron chi connectivity index (χ4n) is 2.36. The molecule has 0 amide bonds. The van der Waals surface area contributed by atoms with Gasteiger partial charge >= 0.3 is 0 Å². The highest BCUT2D eigenvalue weighted by Crippen LogP contribution is 2.28. The van der Waals surface area contributed by atoms with E-state index in [1.807, 2.05) is 0 Å². The maximum Gasteiger partial charge on any atom is 0.0861 e. The van der Waals surface area contributed by atoms with Crippen LogP contribution in [0.1, 0.15) is 40.0 Å². The number of quaternary nitrogens is 1. The largest absolute Gasteiger partial charge is 0.322 e. The lowest BCUT2D eigenvalue weighted by Gasteiger charge is -2.47. The predicted octanol–water partition coefficient (Wildman–Crippen LogP) is 2.41. The van der Waals surface area contributed by atoms with Crippen molar-refractivity contribution in [1.82, 2.24) is 0 Å². The summed E-state index contributed by atoms with van der Waals surface area (Å²) in [7, 11) is 2.41. The van der Waals surface area contributed by atoms with Crippen molar-refractivity contribution in [3.05, 3.63) is 0 Å². The second-order valence-electron chi connectivity index (χ2n) is 4.29. The molecule has 0 aliphatic carbocycles.